The second-order valence-corrected chi connectivity index (χ2v) is 4.48. The maximum Gasteiger partial charge on any atom is 0.122 e. The zero-order valence-corrected chi connectivity index (χ0v) is 11.5. The van der Waals surface area contributed by atoms with Gasteiger partial charge in [0, 0.05) is 25.4 Å². The summed E-state index contributed by atoms with van der Waals surface area (Å²) in [5.41, 5.74) is 8.33. The van der Waals surface area contributed by atoms with Gasteiger partial charge in [0.2, 0.25) is 0 Å². The number of nitrogens with two attached hydrogens (primary N) is 1. The lowest BCUT2D eigenvalue weighted by Gasteiger charge is -2.14. The number of nitrogens with zero attached hydrogens (tertiary/aromatic N) is 2. The van der Waals surface area contributed by atoms with Crippen LogP contribution in [0.3, 0.4) is 0 Å². The van der Waals surface area contributed by atoms with Crippen molar-refractivity contribution in [2.45, 2.75) is 12.5 Å². The zero-order chi connectivity index (χ0) is 13.8. The summed E-state index contributed by atoms with van der Waals surface area (Å²) in [6.07, 6.45) is 4.53. The molecule has 5 heteroatoms. The second kappa shape index (κ2) is 5.75. The van der Waals surface area contributed by atoms with Crippen molar-refractivity contribution in [3.05, 3.63) is 41.7 Å². The average molecular weight is 261 g/mol. The van der Waals surface area contributed by atoms with Gasteiger partial charge in [0.15, 0.2) is 0 Å². The maximum atomic E-state index is 6.24. The van der Waals surface area contributed by atoms with Crippen LogP contribution in [-0.2, 0) is 13.5 Å². The van der Waals surface area contributed by atoms with Gasteiger partial charge in [0.25, 0.3) is 0 Å². The van der Waals surface area contributed by atoms with E-state index < -0.39 is 0 Å². The van der Waals surface area contributed by atoms with Crippen LogP contribution in [0.1, 0.15) is 17.2 Å². The number of hydrogen-bond donors (Lipinski definition) is 1. The predicted octanol–water partition coefficient (Wildman–Crippen LogP) is 1.68. The third-order valence-corrected chi connectivity index (χ3v) is 3.02. The van der Waals surface area contributed by atoms with Crippen molar-refractivity contribution in [1.82, 2.24) is 9.78 Å². The molecule has 2 N–H and O–H groups in total. The fourth-order valence-corrected chi connectivity index (χ4v) is 1.99. The zero-order valence-electron chi connectivity index (χ0n) is 11.5. The van der Waals surface area contributed by atoms with Crippen molar-refractivity contribution < 1.29 is 9.47 Å². The van der Waals surface area contributed by atoms with Crippen LogP contribution in [0.4, 0.5) is 0 Å². The summed E-state index contributed by atoms with van der Waals surface area (Å²) in [5.74, 6) is 1.49. The molecule has 0 radical (unpaired) electrons. The largest absolute Gasteiger partial charge is 0.497 e. The van der Waals surface area contributed by atoms with Crippen molar-refractivity contribution in [2.75, 3.05) is 14.2 Å². The van der Waals surface area contributed by atoms with Gasteiger partial charge in [-0.05, 0) is 29.7 Å². The Hall–Kier alpha value is -2.01. The smallest absolute Gasteiger partial charge is 0.122 e. The summed E-state index contributed by atoms with van der Waals surface area (Å²) >= 11 is 0. The average Bonchev–Trinajstić information content (AvgIpc) is 2.83. The topological polar surface area (TPSA) is 62.3 Å². The number of benzene rings is 1. The minimum Gasteiger partial charge on any atom is -0.497 e. The van der Waals surface area contributed by atoms with Crippen molar-refractivity contribution in [2.24, 2.45) is 12.8 Å². The van der Waals surface area contributed by atoms with Crippen LogP contribution in [-0.4, -0.2) is 24.0 Å². The van der Waals surface area contributed by atoms with E-state index in [2.05, 4.69) is 5.10 Å². The summed E-state index contributed by atoms with van der Waals surface area (Å²) < 4.78 is 12.3. The molecule has 1 aromatic carbocycles. The van der Waals surface area contributed by atoms with Crippen LogP contribution >= 0.6 is 0 Å². The summed E-state index contributed by atoms with van der Waals surface area (Å²) in [4.78, 5) is 0. The van der Waals surface area contributed by atoms with E-state index in [0.29, 0.717) is 0 Å². The first-order valence-electron chi connectivity index (χ1n) is 6.08. The van der Waals surface area contributed by atoms with E-state index in [0.717, 1.165) is 29.0 Å². The molecule has 0 fully saturated rings. The van der Waals surface area contributed by atoms with Gasteiger partial charge in [0.1, 0.15) is 11.5 Å². The summed E-state index contributed by atoms with van der Waals surface area (Å²) in [5, 5.41) is 4.14. The molecule has 0 amide bonds. The Morgan fingerprint density at radius 1 is 1.21 bits per heavy atom. The fourth-order valence-electron chi connectivity index (χ4n) is 1.99. The molecule has 102 valence electrons. The van der Waals surface area contributed by atoms with E-state index in [1.165, 1.54) is 0 Å². The Bertz CT molecular complexity index is 529. The first-order chi connectivity index (χ1) is 9.12. The van der Waals surface area contributed by atoms with Crippen LogP contribution in [0.15, 0.2) is 30.6 Å². The van der Waals surface area contributed by atoms with Crippen LogP contribution in [0.5, 0.6) is 11.5 Å². The highest BCUT2D eigenvalue weighted by molar-refractivity contribution is 5.40. The third-order valence-electron chi connectivity index (χ3n) is 3.02. The molecule has 0 bridgehead atoms. The quantitative estimate of drug-likeness (QED) is 0.889. The highest BCUT2D eigenvalue weighted by Gasteiger charge is 2.11. The number of aromatic nitrogens is 2. The van der Waals surface area contributed by atoms with E-state index in [4.69, 9.17) is 15.2 Å². The van der Waals surface area contributed by atoms with Gasteiger partial charge in [-0.1, -0.05) is 0 Å². The van der Waals surface area contributed by atoms with Gasteiger partial charge in [-0.15, -0.1) is 0 Å². The predicted molar refractivity (Wildman–Crippen MR) is 73.4 cm³/mol. The molecule has 0 saturated carbocycles. The Morgan fingerprint density at radius 3 is 2.32 bits per heavy atom. The van der Waals surface area contributed by atoms with Crippen LogP contribution in [0, 0.1) is 0 Å². The SMILES string of the molecule is COc1cc(OC)cc(C(N)Cc2cnn(C)c2)c1. The molecule has 1 atom stereocenters. The Labute approximate surface area is 112 Å². The Balaban J connectivity index is 2.20. The van der Waals surface area contributed by atoms with Gasteiger partial charge in [-0.2, -0.15) is 5.10 Å². The van der Waals surface area contributed by atoms with Gasteiger partial charge < -0.3 is 15.2 Å². The standard InChI is InChI=1S/C14H19N3O2/c1-17-9-10(8-16-17)4-14(15)11-5-12(18-2)7-13(6-11)19-3/h5-9,14H,4,15H2,1-3H3. The third kappa shape index (κ3) is 3.26. The van der Waals surface area contributed by atoms with E-state index in [1.807, 2.05) is 37.6 Å². The van der Waals surface area contributed by atoms with Crippen molar-refractivity contribution in [3.8, 4) is 11.5 Å². The lowest BCUT2D eigenvalue weighted by atomic mass is 10.0. The van der Waals surface area contributed by atoms with Crippen LogP contribution in [0.2, 0.25) is 0 Å². The lowest BCUT2D eigenvalue weighted by molar-refractivity contribution is 0.392. The molecule has 2 aromatic rings. The van der Waals surface area contributed by atoms with Gasteiger partial charge in [-0.25, -0.2) is 0 Å². The summed E-state index contributed by atoms with van der Waals surface area (Å²) in [6.45, 7) is 0. The van der Waals surface area contributed by atoms with E-state index in [1.54, 1.807) is 18.9 Å². The molecule has 0 aliphatic carbocycles. The molecule has 1 unspecified atom stereocenters. The molecule has 19 heavy (non-hydrogen) atoms. The summed E-state index contributed by atoms with van der Waals surface area (Å²) in [7, 11) is 5.15. The number of methoxy groups -OCH3 is 2. The Kier molecular flexibility index (Phi) is 4.06. The molecule has 0 aliphatic rings. The monoisotopic (exact) mass is 261 g/mol. The minimum atomic E-state index is -0.117. The van der Waals surface area contributed by atoms with E-state index in [9.17, 15) is 0 Å². The lowest BCUT2D eigenvalue weighted by Crippen LogP contribution is -2.13. The second-order valence-electron chi connectivity index (χ2n) is 4.48. The fraction of sp³-hybridized carbons (Fsp3) is 0.357. The molecule has 2 rings (SSSR count). The molecule has 1 aromatic heterocycles. The molecular weight excluding hydrogens is 242 g/mol. The molecule has 0 spiro atoms. The summed E-state index contributed by atoms with van der Waals surface area (Å²) in [6, 6.07) is 5.58. The molecule has 1 heterocycles. The minimum absolute atomic E-state index is 0.117. The van der Waals surface area contributed by atoms with Crippen molar-refractivity contribution in [1.29, 1.82) is 0 Å². The van der Waals surface area contributed by atoms with E-state index in [-0.39, 0.29) is 6.04 Å². The normalized spacial score (nSPS) is 12.2. The number of aryl methyl sites for hydroxylation is 1. The molecular formula is C14H19N3O2. The van der Waals surface area contributed by atoms with Gasteiger partial charge in [0.05, 0.1) is 20.4 Å². The number of hydrogen-bond acceptors (Lipinski definition) is 4. The highest BCUT2D eigenvalue weighted by atomic mass is 16.5. The van der Waals surface area contributed by atoms with Crippen LogP contribution < -0.4 is 15.2 Å². The first-order valence-corrected chi connectivity index (χ1v) is 6.08. The highest BCUT2D eigenvalue weighted by Crippen LogP contribution is 2.26. The Morgan fingerprint density at radius 2 is 1.84 bits per heavy atom. The van der Waals surface area contributed by atoms with Gasteiger partial charge >= 0.3 is 0 Å². The molecule has 0 saturated heterocycles. The van der Waals surface area contributed by atoms with Crippen molar-refractivity contribution in [3.63, 3.8) is 0 Å². The van der Waals surface area contributed by atoms with E-state index >= 15 is 0 Å². The van der Waals surface area contributed by atoms with Crippen molar-refractivity contribution >= 4 is 0 Å². The first kappa shape index (κ1) is 13.4. The molecule has 5 nitrogen and oxygen atoms in total. The number of ether oxygens (including phenoxy) is 2. The number of rotatable bonds is 5. The molecule has 0 aliphatic heterocycles. The van der Waals surface area contributed by atoms with Crippen LogP contribution in [0.25, 0.3) is 0 Å². The maximum absolute atomic E-state index is 6.24. The van der Waals surface area contributed by atoms with Gasteiger partial charge in [-0.3, -0.25) is 4.68 Å².